The standard InChI is InChI=1S/C29H34N4O4.2C2H6.CH4/c1-5-30-27(18(2)3)25-9-8-20-14-19(4)24(16-26(20)37-25)33-17-22-7-6-21(15-23(22)31-29(33)35)28(34)32-10-12-36-13-11-32;2*1-2;/h5-7,14-16,25H,8-13,17H2,1-4H3,(H,31,35);2*1-2H3;1H4. The molecular weight excluding hydrogens is 528 g/mol. The van der Waals surface area contributed by atoms with Crippen LogP contribution in [0.3, 0.4) is 0 Å². The number of anilines is 2. The van der Waals surface area contributed by atoms with Crippen LogP contribution < -0.4 is 15.0 Å². The Hall–Kier alpha value is -3.65. The first-order valence-electron chi connectivity index (χ1n) is 14.9. The molecule has 1 unspecified atom stereocenters. The summed E-state index contributed by atoms with van der Waals surface area (Å²) in [5, 5.41) is 3.00. The Balaban J connectivity index is 0.00000118. The van der Waals surface area contributed by atoms with Gasteiger partial charge in [0.1, 0.15) is 11.9 Å². The van der Waals surface area contributed by atoms with Crippen LogP contribution in [0.5, 0.6) is 5.75 Å². The summed E-state index contributed by atoms with van der Waals surface area (Å²) in [7, 11) is 0. The Morgan fingerprint density at radius 2 is 1.74 bits per heavy atom. The summed E-state index contributed by atoms with van der Waals surface area (Å²) in [5.41, 5.74) is 7.29. The summed E-state index contributed by atoms with van der Waals surface area (Å²) in [6.07, 6.45) is 3.46. The SMILES string of the molecule is C.CC.CC.CC=NC(=C(C)C)C1CCc2cc(C)c(N3Cc4ccc(C(=O)N5CCOCC5)cc4NC3=O)cc2O1. The third kappa shape index (κ3) is 7.59. The van der Waals surface area contributed by atoms with Crippen molar-refractivity contribution in [2.45, 2.75) is 88.3 Å². The van der Waals surface area contributed by atoms with Crippen molar-refractivity contribution < 1.29 is 19.1 Å². The van der Waals surface area contributed by atoms with Gasteiger partial charge < -0.3 is 19.7 Å². The van der Waals surface area contributed by atoms with Gasteiger partial charge in [-0.05, 0) is 69.4 Å². The van der Waals surface area contributed by atoms with Gasteiger partial charge in [0.2, 0.25) is 0 Å². The number of allylic oxidation sites excluding steroid dienone is 1. The van der Waals surface area contributed by atoms with Gasteiger partial charge in [0.25, 0.3) is 5.91 Å². The number of rotatable bonds is 4. The Bertz CT molecular complexity index is 1290. The number of benzene rings is 2. The quantitative estimate of drug-likeness (QED) is 0.376. The van der Waals surface area contributed by atoms with Gasteiger partial charge in [-0.15, -0.1) is 0 Å². The van der Waals surface area contributed by atoms with Crippen molar-refractivity contribution in [3.05, 3.63) is 63.9 Å². The molecule has 0 aliphatic carbocycles. The molecule has 2 aromatic carbocycles. The normalized spacial score (nSPS) is 17.1. The van der Waals surface area contributed by atoms with Crippen molar-refractivity contribution in [2.24, 2.45) is 4.99 Å². The highest BCUT2D eigenvalue weighted by Crippen LogP contribution is 2.38. The summed E-state index contributed by atoms with van der Waals surface area (Å²) in [4.78, 5) is 34.2. The summed E-state index contributed by atoms with van der Waals surface area (Å²) in [6, 6.07) is 9.44. The van der Waals surface area contributed by atoms with Crippen LogP contribution in [0, 0.1) is 6.92 Å². The fourth-order valence-corrected chi connectivity index (χ4v) is 5.23. The van der Waals surface area contributed by atoms with Gasteiger partial charge in [-0.3, -0.25) is 14.7 Å². The van der Waals surface area contributed by atoms with E-state index in [-0.39, 0.29) is 25.5 Å². The second-order valence-corrected chi connectivity index (χ2v) is 9.96. The van der Waals surface area contributed by atoms with Crippen LogP contribution in [-0.2, 0) is 17.7 Å². The van der Waals surface area contributed by atoms with Crippen LogP contribution in [0.1, 0.15) is 89.4 Å². The van der Waals surface area contributed by atoms with E-state index in [4.69, 9.17) is 9.47 Å². The number of aryl methyl sites for hydroxylation is 2. The molecule has 1 saturated heterocycles. The largest absolute Gasteiger partial charge is 0.484 e. The highest BCUT2D eigenvalue weighted by molar-refractivity contribution is 6.06. The molecule has 8 heteroatoms. The van der Waals surface area contributed by atoms with Gasteiger partial charge in [-0.2, -0.15) is 0 Å². The van der Waals surface area contributed by atoms with Crippen molar-refractivity contribution in [1.29, 1.82) is 0 Å². The summed E-state index contributed by atoms with van der Waals surface area (Å²) in [5.74, 6) is 0.759. The average molecular weight is 579 g/mol. The number of morpholine rings is 1. The number of hydrogen-bond acceptors (Lipinski definition) is 5. The van der Waals surface area contributed by atoms with Crippen molar-refractivity contribution >= 4 is 29.5 Å². The molecule has 3 heterocycles. The van der Waals surface area contributed by atoms with E-state index >= 15 is 0 Å². The lowest BCUT2D eigenvalue weighted by atomic mass is 9.96. The van der Waals surface area contributed by atoms with Crippen LogP contribution in [0.4, 0.5) is 16.2 Å². The average Bonchev–Trinajstić information content (AvgIpc) is 3.00. The van der Waals surface area contributed by atoms with Gasteiger partial charge in [0.05, 0.1) is 31.1 Å². The number of ether oxygens (including phenoxy) is 2. The van der Waals surface area contributed by atoms with Crippen molar-refractivity contribution in [2.75, 3.05) is 36.5 Å². The molecule has 0 bridgehead atoms. The van der Waals surface area contributed by atoms with E-state index in [0.717, 1.165) is 52.2 Å². The summed E-state index contributed by atoms with van der Waals surface area (Å²) in [6.45, 7) is 18.7. The summed E-state index contributed by atoms with van der Waals surface area (Å²) < 4.78 is 11.8. The number of hydrogen-bond donors (Lipinski definition) is 1. The number of nitrogens with one attached hydrogen (secondary N) is 1. The highest BCUT2D eigenvalue weighted by atomic mass is 16.5. The zero-order valence-corrected chi connectivity index (χ0v) is 26.0. The molecular formula is C34H50N4O4. The smallest absolute Gasteiger partial charge is 0.326 e. The summed E-state index contributed by atoms with van der Waals surface area (Å²) >= 11 is 0. The van der Waals surface area contributed by atoms with E-state index in [1.165, 1.54) is 0 Å². The van der Waals surface area contributed by atoms with E-state index in [0.29, 0.717) is 44.1 Å². The molecule has 0 saturated carbocycles. The molecule has 230 valence electrons. The Labute approximate surface area is 252 Å². The minimum absolute atomic E-state index is 0. The molecule has 1 atom stereocenters. The molecule has 1 N–H and O–H groups in total. The number of aliphatic imine (C=N–C) groups is 1. The van der Waals surface area contributed by atoms with Gasteiger partial charge in [-0.25, -0.2) is 4.79 Å². The van der Waals surface area contributed by atoms with Gasteiger partial charge >= 0.3 is 6.03 Å². The molecule has 3 amide bonds. The second-order valence-electron chi connectivity index (χ2n) is 9.96. The molecule has 0 aromatic heterocycles. The predicted octanol–water partition coefficient (Wildman–Crippen LogP) is 7.79. The molecule has 2 aromatic rings. The number of nitrogens with zero attached hydrogens (tertiary/aromatic N) is 3. The van der Waals surface area contributed by atoms with Crippen LogP contribution >= 0.6 is 0 Å². The third-order valence-corrected chi connectivity index (χ3v) is 7.17. The van der Waals surface area contributed by atoms with Crippen molar-refractivity contribution in [3.8, 4) is 5.75 Å². The Kier molecular flexibility index (Phi) is 13.3. The monoisotopic (exact) mass is 578 g/mol. The minimum Gasteiger partial charge on any atom is -0.484 e. The highest BCUT2D eigenvalue weighted by Gasteiger charge is 2.30. The maximum Gasteiger partial charge on any atom is 0.326 e. The van der Waals surface area contributed by atoms with E-state index in [9.17, 15) is 9.59 Å². The molecule has 3 aliphatic heterocycles. The van der Waals surface area contributed by atoms with Crippen LogP contribution in [0.25, 0.3) is 0 Å². The number of carbonyl (C=O) groups is 2. The van der Waals surface area contributed by atoms with E-state index in [2.05, 4.69) is 30.2 Å². The lowest BCUT2D eigenvalue weighted by Crippen LogP contribution is -2.41. The molecule has 8 nitrogen and oxygen atoms in total. The number of carbonyl (C=O) groups excluding carboxylic acids is 2. The predicted molar refractivity (Wildman–Crippen MR) is 174 cm³/mol. The third-order valence-electron chi connectivity index (χ3n) is 7.17. The van der Waals surface area contributed by atoms with Gasteiger partial charge in [0.15, 0.2) is 0 Å². The van der Waals surface area contributed by atoms with Crippen LogP contribution in [0.15, 0.2) is 46.6 Å². The first kappa shape index (κ1) is 34.6. The number of urea groups is 1. The van der Waals surface area contributed by atoms with E-state index in [1.807, 2.05) is 59.7 Å². The lowest BCUT2D eigenvalue weighted by Gasteiger charge is -2.33. The fraction of sp³-hybridized carbons (Fsp3) is 0.500. The molecule has 42 heavy (non-hydrogen) atoms. The first-order valence-corrected chi connectivity index (χ1v) is 14.9. The molecule has 5 rings (SSSR count). The lowest BCUT2D eigenvalue weighted by molar-refractivity contribution is 0.0303. The molecule has 1 fully saturated rings. The Morgan fingerprint density at radius 1 is 1.05 bits per heavy atom. The molecule has 3 aliphatic rings. The van der Waals surface area contributed by atoms with Crippen molar-refractivity contribution in [1.82, 2.24) is 4.90 Å². The molecule has 0 radical (unpaired) electrons. The molecule has 0 spiro atoms. The zero-order chi connectivity index (χ0) is 30.1. The Morgan fingerprint density at radius 3 is 2.38 bits per heavy atom. The topological polar surface area (TPSA) is 83.5 Å². The van der Waals surface area contributed by atoms with E-state index in [1.54, 1.807) is 22.1 Å². The second kappa shape index (κ2) is 16.1. The maximum atomic E-state index is 13.2. The van der Waals surface area contributed by atoms with E-state index < -0.39 is 0 Å². The number of fused-ring (bicyclic) bond motifs is 2. The minimum atomic E-state index is -0.223. The zero-order valence-electron chi connectivity index (χ0n) is 26.0. The van der Waals surface area contributed by atoms with Gasteiger partial charge in [-0.1, -0.05) is 52.8 Å². The maximum absolute atomic E-state index is 13.2. The fourth-order valence-electron chi connectivity index (χ4n) is 5.23. The van der Waals surface area contributed by atoms with Crippen LogP contribution in [-0.4, -0.2) is 55.5 Å². The van der Waals surface area contributed by atoms with Gasteiger partial charge in [0, 0.05) is 36.6 Å². The van der Waals surface area contributed by atoms with Crippen LogP contribution in [0.2, 0.25) is 0 Å². The van der Waals surface area contributed by atoms with Crippen molar-refractivity contribution in [3.63, 3.8) is 0 Å². The number of amides is 3. The first-order chi connectivity index (χ1) is 19.9.